The monoisotopic (exact) mass is 470 g/mol. The first kappa shape index (κ1) is 21.6. The van der Waals surface area contributed by atoms with Crippen LogP contribution in [0.5, 0.6) is 17.2 Å². The van der Waals surface area contributed by atoms with Crippen molar-refractivity contribution in [3.05, 3.63) is 109 Å². The molecular formula is C30H22N4O2. The van der Waals surface area contributed by atoms with Gasteiger partial charge in [-0.1, -0.05) is 54.6 Å². The number of nitrogens with zero attached hydrogens (tertiary/aromatic N) is 3. The average Bonchev–Trinajstić information content (AvgIpc) is 2.94. The lowest BCUT2D eigenvalue weighted by Gasteiger charge is -2.12. The molecule has 6 aromatic rings. The second-order valence-corrected chi connectivity index (χ2v) is 8.25. The Kier molecular flexibility index (Phi) is 5.60. The highest BCUT2D eigenvalue weighted by molar-refractivity contribution is 6.00. The van der Waals surface area contributed by atoms with Gasteiger partial charge in [0.15, 0.2) is 5.82 Å². The fourth-order valence-corrected chi connectivity index (χ4v) is 4.19. The molecule has 0 fully saturated rings. The van der Waals surface area contributed by atoms with Gasteiger partial charge in [0, 0.05) is 39.7 Å². The van der Waals surface area contributed by atoms with Crippen LogP contribution in [-0.2, 0) is 0 Å². The zero-order chi connectivity index (χ0) is 24.3. The first-order valence-electron chi connectivity index (χ1n) is 11.6. The van der Waals surface area contributed by atoms with Crippen molar-refractivity contribution in [1.82, 2.24) is 15.2 Å². The molecule has 0 spiro atoms. The summed E-state index contributed by atoms with van der Waals surface area (Å²) in [4.78, 5) is 4.42. The molecule has 6 heteroatoms. The van der Waals surface area contributed by atoms with Crippen LogP contribution in [0.4, 0.5) is 11.5 Å². The van der Waals surface area contributed by atoms with Gasteiger partial charge in [-0.15, -0.1) is 10.2 Å². The Hall–Kier alpha value is -4.97. The first-order valence-corrected chi connectivity index (χ1v) is 11.6. The molecule has 0 saturated heterocycles. The van der Waals surface area contributed by atoms with Crippen LogP contribution in [-0.4, -0.2) is 22.3 Å². The molecule has 36 heavy (non-hydrogen) atoms. The summed E-state index contributed by atoms with van der Waals surface area (Å²) in [5.74, 6) is 2.92. The van der Waals surface area contributed by atoms with Gasteiger partial charge in [-0.3, -0.25) is 4.98 Å². The summed E-state index contributed by atoms with van der Waals surface area (Å²) in [6.45, 7) is 0. The third kappa shape index (κ3) is 4.16. The molecule has 0 saturated carbocycles. The van der Waals surface area contributed by atoms with Gasteiger partial charge in [0.25, 0.3) is 0 Å². The molecule has 1 N–H and O–H groups in total. The minimum atomic E-state index is 0.702. The molecule has 4 aromatic carbocycles. The van der Waals surface area contributed by atoms with Gasteiger partial charge in [0.1, 0.15) is 22.9 Å². The zero-order valence-electron chi connectivity index (χ0n) is 19.6. The van der Waals surface area contributed by atoms with Gasteiger partial charge >= 0.3 is 0 Å². The van der Waals surface area contributed by atoms with Gasteiger partial charge < -0.3 is 14.8 Å². The number of ether oxygens (including phenoxy) is 2. The lowest BCUT2D eigenvalue weighted by atomic mass is 10.0. The Bertz CT molecular complexity index is 1670. The molecule has 0 aliphatic rings. The number of fused-ring (bicyclic) bond motifs is 2. The Balaban J connectivity index is 1.26. The van der Waals surface area contributed by atoms with Crippen LogP contribution in [0, 0.1) is 0 Å². The standard InChI is InChI=1S/C30H22N4O2/c1-35-23-15-16-26-27(19-23)31-18-17-28(26)36-22-13-11-21(12-14-22)32-30-25-10-6-5-9-24(25)29(33-34-30)20-7-3-2-4-8-20/h2-19H,1H3,(H,32,34). The maximum atomic E-state index is 6.17. The molecule has 174 valence electrons. The van der Waals surface area contributed by atoms with E-state index in [-0.39, 0.29) is 0 Å². The minimum Gasteiger partial charge on any atom is -0.497 e. The maximum absolute atomic E-state index is 6.17. The number of aromatic nitrogens is 3. The van der Waals surface area contributed by atoms with Crippen molar-refractivity contribution in [3.63, 3.8) is 0 Å². The molecule has 0 aliphatic carbocycles. The minimum absolute atomic E-state index is 0.702. The second-order valence-electron chi connectivity index (χ2n) is 8.25. The number of methoxy groups -OCH3 is 1. The Morgan fingerprint density at radius 3 is 2.22 bits per heavy atom. The van der Waals surface area contributed by atoms with E-state index in [4.69, 9.17) is 9.47 Å². The molecule has 0 atom stereocenters. The number of rotatable bonds is 6. The molecule has 0 bridgehead atoms. The third-order valence-corrected chi connectivity index (χ3v) is 5.99. The highest BCUT2D eigenvalue weighted by Gasteiger charge is 2.11. The van der Waals surface area contributed by atoms with Crippen molar-refractivity contribution >= 4 is 33.2 Å². The van der Waals surface area contributed by atoms with Crippen molar-refractivity contribution in [3.8, 4) is 28.5 Å². The van der Waals surface area contributed by atoms with E-state index in [0.29, 0.717) is 5.82 Å². The SMILES string of the molecule is COc1ccc2c(Oc3ccc(Nc4nnc(-c5ccccc5)c5ccccc45)cc3)ccnc2c1. The van der Waals surface area contributed by atoms with E-state index in [0.717, 1.165) is 55.9 Å². The van der Waals surface area contributed by atoms with E-state index in [9.17, 15) is 0 Å². The van der Waals surface area contributed by atoms with Crippen molar-refractivity contribution < 1.29 is 9.47 Å². The first-order chi connectivity index (χ1) is 17.8. The number of hydrogen-bond acceptors (Lipinski definition) is 6. The molecule has 2 aromatic heterocycles. The van der Waals surface area contributed by atoms with Crippen LogP contribution in [0.15, 0.2) is 109 Å². The normalized spacial score (nSPS) is 10.9. The van der Waals surface area contributed by atoms with Gasteiger partial charge in [0.05, 0.1) is 12.6 Å². The molecule has 6 nitrogen and oxygen atoms in total. The van der Waals surface area contributed by atoms with Crippen molar-refractivity contribution in [2.75, 3.05) is 12.4 Å². The largest absolute Gasteiger partial charge is 0.497 e. The quantitative estimate of drug-likeness (QED) is 0.274. The average molecular weight is 471 g/mol. The summed E-state index contributed by atoms with van der Waals surface area (Å²) in [5, 5.41) is 15.4. The Morgan fingerprint density at radius 2 is 1.42 bits per heavy atom. The number of hydrogen-bond donors (Lipinski definition) is 1. The van der Waals surface area contributed by atoms with Crippen LogP contribution in [0.3, 0.4) is 0 Å². The van der Waals surface area contributed by atoms with E-state index < -0.39 is 0 Å². The van der Waals surface area contributed by atoms with Crippen molar-refractivity contribution in [1.29, 1.82) is 0 Å². The van der Waals surface area contributed by atoms with Crippen LogP contribution in [0.1, 0.15) is 0 Å². The molecule has 0 unspecified atom stereocenters. The third-order valence-electron chi connectivity index (χ3n) is 5.99. The number of benzene rings is 4. The van der Waals surface area contributed by atoms with Crippen LogP contribution in [0.25, 0.3) is 32.9 Å². The summed E-state index contributed by atoms with van der Waals surface area (Å²) >= 11 is 0. The van der Waals surface area contributed by atoms with E-state index in [1.807, 2.05) is 91.0 Å². The van der Waals surface area contributed by atoms with Crippen LogP contribution >= 0.6 is 0 Å². The van der Waals surface area contributed by atoms with Gasteiger partial charge in [-0.05, 0) is 42.5 Å². The number of nitrogens with one attached hydrogen (secondary N) is 1. The van der Waals surface area contributed by atoms with Gasteiger partial charge in [0.2, 0.25) is 0 Å². The highest BCUT2D eigenvalue weighted by Crippen LogP contribution is 2.33. The highest BCUT2D eigenvalue weighted by atomic mass is 16.5. The zero-order valence-corrected chi connectivity index (χ0v) is 19.6. The summed E-state index contributed by atoms with van der Waals surface area (Å²) in [6.07, 6.45) is 1.73. The number of anilines is 2. The lowest BCUT2D eigenvalue weighted by Crippen LogP contribution is -1.99. The van der Waals surface area contributed by atoms with Crippen LogP contribution < -0.4 is 14.8 Å². The van der Waals surface area contributed by atoms with Crippen LogP contribution in [0.2, 0.25) is 0 Å². The van der Waals surface area contributed by atoms with E-state index in [2.05, 4.69) is 32.6 Å². The van der Waals surface area contributed by atoms with E-state index in [1.165, 1.54) is 0 Å². The molecule has 0 amide bonds. The number of pyridine rings is 1. The van der Waals surface area contributed by atoms with Crippen molar-refractivity contribution in [2.24, 2.45) is 0 Å². The Morgan fingerprint density at radius 1 is 0.667 bits per heavy atom. The predicted octanol–water partition coefficient (Wildman–Crippen LogP) is 7.39. The smallest absolute Gasteiger partial charge is 0.161 e. The summed E-state index contributed by atoms with van der Waals surface area (Å²) in [6, 6.07) is 33.6. The molecular weight excluding hydrogens is 448 g/mol. The fraction of sp³-hybridized carbons (Fsp3) is 0.0333. The molecule has 2 heterocycles. The Labute approximate surface area is 208 Å². The van der Waals surface area contributed by atoms with E-state index in [1.54, 1.807) is 13.3 Å². The molecule has 0 radical (unpaired) electrons. The second kappa shape index (κ2) is 9.35. The predicted molar refractivity (Wildman–Crippen MR) is 143 cm³/mol. The van der Waals surface area contributed by atoms with Crippen molar-refractivity contribution in [2.45, 2.75) is 0 Å². The summed E-state index contributed by atoms with van der Waals surface area (Å²) < 4.78 is 11.5. The molecule has 6 rings (SSSR count). The summed E-state index contributed by atoms with van der Waals surface area (Å²) in [5.41, 5.74) is 3.60. The fourth-order valence-electron chi connectivity index (χ4n) is 4.19. The lowest BCUT2D eigenvalue weighted by molar-refractivity contribution is 0.415. The van der Waals surface area contributed by atoms with Gasteiger partial charge in [-0.25, -0.2) is 0 Å². The van der Waals surface area contributed by atoms with E-state index >= 15 is 0 Å². The molecule has 0 aliphatic heterocycles. The van der Waals surface area contributed by atoms with Gasteiger partial charge in [-0.2, -0.15) is 0 Å². The summed E-state index contributed by atoms with van der Waals surface area (Å²) in [7, 11) is 1.64. The topological polar surface area (TPSA) is 69.2 Å². The maximum Gasteiger partial charge on any atom is 0.161 e.